The lowest BCUT2D eigenvalue weighted by molar-refractivity contribution is -0.139. The van der Waals surface area contributed by atoms with Crippen molar-refractivity contribution in [2.75, 3.05) is 11.4 Å². The molecule has 5 nitrogen and oxygen atoms in total. The predicted molar refractivity (Wildman–Crippen MR) is 81.0 cm³/mol. The zero-order valence-electron chi connectivity index (χ0n) is 12.2. The Labute approximate surface area is 128 Å². The van der Waals surface area contributed by atoms with Gasteiger partial charge in [-0.3, -0.25) is 4.79 Å². The second-order valence-electron chi connectivity index (χ2n) is 6.15. The van der Waals surface area contributed by atoms with Gasteiger partial charge in [-0.15, -0.1) is 0 Å². The van der Waals surface area contributed by atoms with Gasteiger partial charge < -0.3 is 14.5 Å². The molecule has 2 aromatic rings. The first-order chi connectivity index (χ1) is 10.7. The Morgan fingerprint density at radius 1 is 1.32 bits per heavy atom. The Morgan fingerprint density at radius 3 is 2.91 bits per heavy atom. The smallest absolute Gasteiger partial charge is 0.311 e. The fraction of sp³-hybridized carbons (Fsp3) is 0.412. The Bertz CT molecular complexity index is 705. The van der Waals surface area contributed by atoms with Crippen molar-refractivity contribution >= 4 is 11.7 Å². The van der Waals surface area contributed by atoms with Gasteiger partial charge in [0.15, 0.2) is 5.76 Å². The summed E-state index contributed by atoms with van der Waals surface area (Å²) in [5.74, 6) is 0.278. The number of fused-ring (bicyclic) bond motifs is 1. The van der Waals surface area contributed by atoms with Crippen molar-refractivity contribution in [2.45, 2.75) is 37.6 Å². The highest BCUT2D eigenvalue weighted by Gasteiger charge is 2.31. The maximum Gasteiger partial charge on any atom is 0.311 e. The van der Waals surface area contributed by atoms with Crippen LogP contribution in [0.3, 0.4) is 0 Å². The standard InChI is InChI=1S/C17H18N2O3/c20-17(21)14-7-8-19(16-4-2-1-3-13(14)16)10-12-9-15(18-22-12)11-5-6-11/h1-4,9,11,14H,5-8,10H2,(H,20,21). The highest BCUT2D eigenvalue weighted by atomic mass is 16.5. The summed E-state index contributed by atoms with van der Waals surface area (Å²) in [6, 6.07) is 9.80. The van der Waals surface area contributed by atoms with Crippen molar-refractivity contribution in [1.82, 2.24) is 5.16 Å². The van der Waals surface area contributed by atoms with E-state index >= 15 is 0 Å². The molecule has 0 amide bonds. The summed E-state index contributed by atoms with van der Waals surface area (Å²) >= 11 is 0. The highest BCUT2D eigenvalue weighted by Crippen LogP contribution is 2.40. The van der Waals surface area contributed by atoms with E-state index in [0.29, 0.717) is 25.4 Å². The minimum atomic E-state index is -0.747. The first kappa shape index (κ1) is 13.4. The molecule has 5 heteroatoms. The van der Waals surface area contributed by atoms with E-state index in [1.54, 1.807) is 0 Å². The quantitative estimate of drug-likeness (QED) is 0.939. The summed E-state index contributed by atoms with van der Waals surface area (Å²) in [4.78, 5) is 13.6. The minimum Gasteiger partial charge on any atom is -0.481 e. The Balaban J connectivity index is 1.59. The van der Waals surface area contributed by atoms with Crippen molar-refractivity contribution < 1.29 is 14.4 Å². The number of carbonyl (C=O) groups is 1. The second kappa shape index (κ2) is 5.16. The third-order valence-electron chi connectivity index (χ3n) is 4.56. The number of benzene rings is 1. The number of hydrogen-bond acceptors (Lipinski definition) is 4. The molecule has 1 saturated carbocycles. The fourth-order valence-corrected chi connectivity index (χ4v) is 3.21. The Hall–Kier alpha value is -2.30. The number of aromatic nitrogens is 1. The van der Waals surface area contributed by atoms with Crippen LogP contribution in [0.25, 0.3) is 0 Å². The average Bonchev–Trinajstić information content (AvgIpc) is 3.27. The lowest BCUT2D eigenvalue weighted by Crippen LogP contribution is -2.32. The zero-order valence-corrected chi connectivity index (χ0v) is 12.2. The molecule has 4 rings (SSSR count). The van der Waals surface area contributed by atoms with Gasteiger partial charge in [-0.2, -0.15) is 0 Å². The van der Waals surface area contributed by atoms with Crippen LogP contribution in [-0.4, -0.2) is 22.8 Å². The maximum atomic E-state index is 11.4. The Kier molecular flexibility index (Phi) is 3.13. The SMILES string of the molecule is O=C(O)C1CCN(Cc2cc(C3CC3)no2)c2ccccc21. The van der Waals surface area contributed by atoms with Gasteiger partial charge in [0.2, 0.25) is 0 Å². The van der Waals surface area contributed by atoms with Crippen LogP contribution in [0.1, 0.15) is 48.1 Å². The molecule has 1 aliphatic heterocycles. The zero-order chi connectivity index (χ0) is 15.1. The molecule has 0 saturated heterocycles. The van der Waals surface area contributed by atoms with Gasteiger partial charge in [-0.25, -0.2) is 0 Å². The van der Waals surface area contributed by atoms with Gasteiger partial charge in [0.05, 0.1) is 18.2 Å². The first-order valence-electron chi connectivity index (χ1n) is 7.74. The van der Waals surface area contributed by atoms with E-state index in [9.17, 15) is 9.90 Å². The van der Waals surface area contributed by atoms with Crippen molar-refractivity contribution in [3.8, 4) is 0 Å². The Morgan fingerprint density at radius 2 is 2.14 bits per heavy atom. The summed E-state index contributed by atoms with van der Waals surface area (Å²) in [5, 5.41) is 13.5. The topological polar surface area (TPSA) is 66.6 Å². The van der Waals surface area contributed by atoms with Crippen LogP contribution in [0.4, 0.5) is 5.69 Å². The van der Waals surface area contributed by atoms with Gasteiger partial charge in [0, 0.05) is 24.2 Å². The van der Waals surface area contributed by atoms with E-state index in [0.717, 1.165) is 22.7 Å². The molecule has 22 heavy (non-hydrogen) atoms. The summed E-state index contributed by atoms with van der Waals surface area (Å²) in [7, 11) is 0. The summed E-state index contributed by atoms with van der Waals surface area (Å²) in [6.07, 6.45) is 3.04. The molecule has 1 fully saturated rings. The lowest BCUT2D eigenvalue weighted by atomic mass is 9.90. The number of nitrogens with zero attached hydrogens (tertiary/aromatic N) is 2. The normalized spacial score (nSPS) is 20.7. The van der Waals surface area contributed by atoms with Gasteiger partial charge in [-0.1, -0.05) is 23.4 Å². The second-order valence-corrected chi connectivity index (χ2v) is 6.15. The van der Waals surface area contributed by atoms with Gasteiger partial charge in [-0.05, 0) is 30.9 Å². The van der Waals surface area contributed by atoms with E-state index in [-0.39, 0.29) is 0 Å². The maximum absolute atomic E-state index is 11.4. The van der Waals surface area contributed by atoms with Crippen LogP contribution in [0.5, 0.6) is 0 Å². The van der Waals surface area contributed by atoms with E-state index in [2.05, 4.69) is 10.1 Å². The summed E-state index contributed by atoms with van der Waals surface area (Å²) in [5.41, 5.74) is 2.94. The highest BCUT2D eigenvalue weighted by molar-refractivity contribution is 5.80. The number of rotatable bonds is 4. The number of hydrogen-bond donors (Lipinski definition) is 1. The predicted octanol–water partition coefficient (Wildman–Crippen LogP) is 3.13. The molecular weight excluding hydrogens is 280 g/mol. The van der Waals surface area contributed by atoms with Crippen molar-refractivity contribution in [3.63, 3.8) is 0 Å². The first-order valence-corrected chi connectivity index (χ1v) is 7.74. The molecule has 114 valence electrons. The van der Waals surface area contributed by atoms with E-state index in [1.807, 2.05) is 30.3 Å². The van der Waals surface area contributed by atoms with Crippen molar-refractivity contribution in [2.24, 2.45) is 0 Å². The number of para-hydroxylation sites is 1. The van der Waals surface area contributed by atoms with Gasteiger partial charge in [0.1, 0.15) is 0 Å². The molecule has 0 spiro atoms. The molecule has 1 aromatic carbocycles. The monoisotopic (exact) mass is 298 g/mol. The third kappa shape index (κ3) is 2.36. The molecule has 1 aromatic heterocycles. The van der Waals surface area contributed by atoms with Crippen LogP contribution in [0.2, 0.25) is 0 Å². The largest absolute Gasteiger partial charge is 0.481 e. The third-order valence-corrected chi connectivity index (χ3v) is 4.56. The number of anilines is 1. The summed E-state index contributed by atoms with van der Waals surface area (Å²) < 4.78 is 5.45. The van der Waals surface area contributed by atoms with Crippen LogP contribution in [-0.2, 0) is 11.3 Å². The summed E-state index contributed by atoms with van der Waals surface area (Å²) in [6.45, 7) is 1.36. The molecule has 0 bridgehead atoms. The van der Waals surface area contributed by atoms with E-state index in [4.69, 9.17) is 4.52 Å². The molecule has 1 unspecified atom stereocenters. The molecule has 0 radical (unpaired) electrons. The molecule has 1 N–H and O–H groups in total. The lowest BCUT2D eigenvalue weighted by Gasteiger charge is -2.33. The van der Waals surface area contributed by atoms with Crippen LogP contribution in [0.15, 0.2) is 34.9 Å². The van der Waals surface area contributed by atoms with Crippen molar-refractivity contribution in [3.05, 3.63) is 47.3 Å². The average molecular weight is 298 g/mol. The molecule has 1 aliphatic carbocycles. The van der Waals surface area contributed by atoms with Crippen molar-refractivity contribution in [1.29, 1.82) is 0 Å². The molecule has 1 atom stereocenters. The molecular formula is C17H18N2O3. The number of aliphatic carboxylic acids is 1. The molecule has 2 heterocycles. The number of carboxylic acid groups (broad SMARTS) is 1. The fourth-order valence-electron chi connectivity index (χ4n) is 3.21. The van der Waals surface area contributed by atoms with Gasteiger partial charge in [0.25, 0.3) is 0 Å². The van der Waals surface area contributed by atoms with Crippen LogP contribution in [0, 0.1) is 0 Å². The minimum absolute atomic E-state index is 0.413. The van der Waals surface area contributed by atoms with Crippen LogP contribution >= 0.6 is 0 Å². The number of carboxylic acids is 1. The van der Waals surface area contributed by atoms with E-state index < -0.39 is 11.9 Å². The van der Waals surface area contributed by atoms with Gasteiger partial charge >= 0.3 is 5.97 Å². The van der Waals surface area contributed by atoms with Crippen LogP contribution < -0.4 is 4.90 Å². The molecule has 2 aliphatic rings. The van der Waals surface area contributed by atoms with E-state index in [1.165, 1.54) is 12.8 Å².